The Hall–Kier alpha value is -1.12. The lowest BCUT2D eigenvalue weighted by Crippen LogP contribution is -2.21. The number of carboxylic acids is 1. The Labute approximate surface area is 129 Å². The maximum Gasteiger partial charge on any atom is 0.119 e. The van der Waals surface area contributed by atoms with E-state index in [0.29, 0.717) is 6.42 Å². The predicted molar refractivity (Wildman–Crippen MR) is 84.8 cm³/mol. The molecule has 0 aromatic carbocycles. The average Bonchev–Trinajstić information content (AvgIpc) is 2.46. The molecule has 0 radical (unpaired) electrons. The Balaban J connectivity index is 3.08. The molecule has 0 aliphatic carbocycles. The molecule has 0 aliphatic rings. The first-order valence-electron chi connectivity index (χ1n) is 8.56. The van der Waals surface area contributed by atoms with Gasteiger partial charge in [-0.05, 0) is 44.9 Å². The van der Waals surface area contributed by atoms with Gasteiger partial charge in [-0.2, -0.15) is 0 Å². The van der Waals surface area contributed by atoms with E-state index in [1.165, 1.54) is 44.9 Å². The summed E-state index contributed by atoms with van der Waals surface area (Å²) >= 11 is 0. The maximum absolute atomic E-state index is 10.2. The molecule has 0 bridgehead atoms. The summed E-state index contributed by atoms with van der Waals surface area (Å²) in [7, 11) is 0. The van der Waals surface area contributed by atoms with E-state index in [0.717, 1.165) is 38.4 Å². The van der Waals surface area contributed by atoms with E-state index >= 15 is 0 Å². The van der Waals surface area contributed by atoms with Crippen molar-refractivity contribution in [1.82, 2.24) is 0 Å². The number of carbonyl (C=O) groups is 2. The summed E-state index contributed by atoms with van der Waals surface area (Å²) in [6.07, 6.45) is 20.0. The van der Waals surface area contributed by atoms with Crippen molar-refractivity contribution in [3.8, 4) is 0 Å². The van der Waals surface area contributed by atoms with Gasteiger partial charge in [0.15, 0.2) is 0 Å². The van der Waals surface area contributed by atoms with E-state index in [9.17, 15) is 14.7 Å². The lowest BCUT2D eigenvalue weighted by atomic mass is 10.1. The highest BCUT2D eigenvalue weighted by molar-refractivity contribution is 5.64. The molecule has 0 spiro atoms. The summed E-state index contributed by atoms with van der Waals surface area (Å²) in [5.41, 5.74) is 0. The third-order valence-corrected chi connectivity index (χ3v) is 3.61. The molecule has 0 saturated heterocycles. The second-order valence-electron chi connectivity index (χ2n) is 5.66. The fourth-order valence-corrected chi connectivity index (χ4v) is 2.32. The van der Waals surface area contributed by atoms with Crippen LogP contribution in [-0.4, -0.2) is 12.3 Å². The third-order valence-electron chi connectivity index (χ3n) is 3.61. The van der Waals surface area contributed by atoms with Crippen molar-refractivity contribution < 1.29 is 14.7 Å². The zero-order valence-corrected chi connectivity index (χ0v) is 13.4. The minimum atomic E-state index is -0.929. The van der Waals surface area contributed by atoms with Crippen molar-refractivity contribution in [3.63, 3.8) is 0 Å². The smallest absolute Gasteiger partial charge is 0.119 e. The lowest BCUT2D eigenvalue weighted by Gasteiger charge is -2.01. The number of aliphatic carboxylic acids is 1. The first-order valence-corrected chi connectivity index (χ1v) is 8.56. The highest BCUT2D eigenvalue weighted by Gasteiger charge is 1.91. The van der Waals surface area contributed by atoms with Crippen molar-refractivity contribution in [3.05, 3.63) is 12.2 Å². The first kappa shape index (κ1) is 19.9. The van der Waals surface area contributed by atoms with Gasteiger partial charge >= 0.3 is 0 Å². The second kappa shape index (κ2) is 16.9. The molecular weight excluding hydrogens is 264 g/mol. The molecule has 0 aromatic rings. The first-order chi connectivity index (χ1) is 10.3. The highest BCUT2D eigenvalue weighted by Crippen LogP contribution is 2.09. The molecule has 0 rings (SSSR count). The fraction of sp³-hybridized carbons (Fsp3) is 0.778. The second-order valence-corrected chi connectivity index (χ2v) is 5.66. The number of hydrogen-bond donors (Lipinski definition) is 0. The van der Waals surface area contributed by atoms with Crippen LogP contribution in [0.4, 0.5) is 0 Å². The SMILES string of the molecule is O=CCCCCCCC/C=C/CCCCCCCC(=O)[O-]. The predicted octanol–water partition coefficient (Wildman–Crippen LogP) is 3.95. The number of aldehydes is 1. The van der Waals surface area contributed by atoms with Crippen LogP contribution in [-0.2, 0) is 9.59 Å². The molecule has 3 heteroatoms. The molecule has 0 unspecified atom stereocenters. The van der Waals surface area contributed by atoms with Crippen LogP contribution in [0.3, 0.4) is 0 Å². The molecule has 21 heavy (non-hydrogen) atoms. The van der Waals surface area contributed by atoms with Crippen LogP contribution in [0.2, 0.25) is 0 Å². The highest BCUT2D eigenvalue weighted by atomic mass is 16.4. The number of carbonyl (C=O) groups excluding carboxylic acids is 2. The van der Waals surface area contributed by atoms with Crippen LogP contribution in [0.5, 0.6) is 0 Å². The Morgan fingerprint density at radius 1 is 0.667 bits per heavy atom. The van der Waals surface area contributed by atoms with Gasteiger partial charge in [-0.3, -0.25) is 0 Å². The third kappa shape index (κ3) is 18.9. The normalized spacial score (nSPS) is 11.0. The van der Waals surface area contributed by atoms with E-state index in [-0.39, 0.29) is 6.42 Å². The lowest BCUT2D eigenvalue weighted by molar-refractivity contribution is -0.305. The fourth-order valence-electron chi connectivity index (χ4n) is 2.32. The van der Waals surface area contributed by atoms with Gasteiger partial charge < -0.3 is 14.7 Å². The largest absolute Gasteiger partial charge is 0.550 e. The molecule has 0 amide bonds. The average molecular weight is 295 g/mol. The van der Waals surface area contributed by atoms with Gasteiger partial charge in [0.25, 0.3) is 0 Å². The number of hydrogen-bond acceptors (Lipinski definition) is 3. The van der Waals surface area contributed by atoms with Crippen LogP contribution >= 0.6 is 0 Å². The van der Waals surface area contributed by atoms with Gasteiger partial charge in [-0.25, -0.2) is 0 Å². The molecule has 0 heterocycles. The zero-order valence-electron chi connectivity index (χ0n) is 13.4. The van der Waals surface area contributed by atoms with Crippen LogP contribution < -0.4 is 5.11 Å². The van der Waals surface area contributed by atoms with Gasteiger partial charge in [0.2, 0.25) is 0 Å². The number of carboxylic acid groups (broad SMARTS) is 1. The number of unbranched alkanes of at least 4 members (excludes halogenated alkanes) is 11. The molecule has 0 aliphatic heterocycles. The quantitative estimate of drug-likeness (QED) is 0.246. The van der Waals surface area contributed by atoms with Gasteiger partial charge in [-0.15, -0.1) is 0 Å². The van der Waals surface area contributed by atoms with Crippen molar-refractivity contribution in [2.75, 3.05) is 0 Å². The molecule has 0 aromatic heterocycles. The molecule has 0 fully saturated rings. The van der Waals surface area contributed by atoms with Crippen LogP contribution in [0.15, 0.2) is 12.2 Å². The summed E-state index contributed by atoms with van der Waals surface area (Å²) in [5.74, 6) is -0.929. The zero-order chi connectivity index (χ0) is 15.6. The number of rotatable bonds is 16. The van der Waals surface area contributed by atoms with Crippen molar-refractivity contribution in [1.29, 1.82) is 0 Å². The molecule has 122 valence electrons. The molecule has 0 atom stereocenters. The van der Waals surface area contributed by atoms with Gasteiger partial charge in [0, 0.05) is 12.4 Å². The van der Waals surface area contributed by atoms with Gasteiger partial charge in [0.1, 0.15) is 6.29 Å². The minimum Gasteiger partial charge on any atom is -0.550 e. The summed E-state index contributed by atoms with van der Waals surface area (Å²) in [6.45, 7) is 0. The monoisotopic (exact) mass is 295 g/mol. The van der Waals surface area contributed by atoms with E-state index in [2.05, 4.69) is 12.2 Å². The Bertz CT molecular complexity index is 272. The molecule has 0 saturated carbocycles. The molecule has 0 N–H and O–H groups in total. The van der Waals surface area contributed by atoms with Crippen LogP contribution in [0.1, 0.15) is 89.9 Å². The minimum absolute atomic E-state index is 0.203. The van der Waals surface area contributed by atoms with E-state index in [1.807, 2.05) is 0 Å². The molecule has 3 nitrogen and oxygen atoms in total. The Morgan fingerprint density at radius 2 is 1.10 bits per heavy atom. The summed E-state index contributed by atoms with van der Waals surface area (Å²) in [5, 5.41) is 10.2. The van der Waals surface area contributed by atoms with Crippen LogP contribution in [0.25, 0.3) is 0 Å². The molecular formula is C18H31O3-. The van der Waals surface area contributed by atoms with Crippen molar-refractivity contribution in [2.24, 2.45) is 0 Å². The standard InChI is InChI=1S/C18H32O3/c19-17-15-13-11-9-7-5-3-1-2-4-6-8-10-12-14-16-18(20)21/h1-2,17H,3-16H2,(H,20,21)/p-1/b2-1+. The van der Waals surface area contributed by atoms with Gasteiger partial charge in [0.05, 0.1) is 0 Å². The van der Waals surface area contributed by atoms with E-state index in [1.54, 1.807) is 0 Å². The number of allylic oxidation sites excluding steroid dienone is 2. The Kier molecular flexibility index (Phi) is 16.0. The topological polar surface area (TPSA) is 57.2 Å². The van der Waals surface area contributed by atoms with Crippen LogP contribution in [0, 0.1) is 0 Å². The summed E-state index contributed by atoms with van der Waals surface area (Å²) < 4.78 is 0. The van der Waals surface area contributed by atoms with Gasteiger partial charge in [-0.1, -0.05) is 50.7 Å². The van der Waals surface area contributed by atoms with E-state index in [4.69, 9.17) is 0 Å². The van der Waals surface area contributed by atoms with E-state index < -0.39 is 5.97 Å². The summed E-state index contributed by atoms with van der Waals surface area (Å²) in [4.78, 5) is 20.3. The van der Waals surface area contributed by atoms with Crippen molar-refractivity contribution in [2.45, 2.75) is 89.9 Å². The Morgan fingerprint density at radius 3 is 1.57 bits per heavy atom. The summed E-state index contributed by atoms with van der Waals surface area (Å²) in [6, 6.07) is 0. The van der Waals surface area contributed by atoms with Crippen molar-refractivity contribution >= 4 is 12.3 Å². The maximum atomic E-state index is 10.2.